The Morgan fingerprint density at radius 3 is 2.19 bits per heavy atom. The number of nitrogens with zero attached hydrogens (tertiary/aromatic N) is 1. The number of imide groups is 1. The topological polar surface area (TPSA) is 55.8 Å². The van der Waals surface area contributed by atoms with Gasteiger partial charge in [0.1, 0.15) is 24.7 Å². The summed E-state index contributed by atoms with van der Waals surface area (Å²) in [5.74, 6) is 0.968. The highest BCUT2D eigenvalue weighted by atomic mass is 35.5. The lowest BCUT2D eigenvalue weighted by Crippen LogP contribution is -2.27. The molecule has 1 aliphatic heterocycles. The highest BCUT2D eigenvalue weighted by Gasteiger charge is 2.36. The van der Waals surface area contributed by atoms with E-state index in [1.807, 2.05) is 36.4 Å². The number of hydrogen-bond donors (Lipinski definition) is 0. The Kier molecular flexibility index (Phi) is 8.53. The summed E-state index contributed by atoms with van der Waals surface area (Å²) < 4.78 is 11.8. The molecule has 5 nitrogen and oxygen atoms in total. The zero-order chi connectivity index (χ0) is 26.6. The van der Waals surface area contributed by atoms with Crippen LogP contribution in [-0.2, 0) is 16.8 Å². The van der Waals surface area contributed by atoms with E-state index in [-0.39, 0.29) is 17.2 Å². The second-order valence-electron chi connectivity index (χ2n) is 9.48. The van der Waals surface area contributed by atoms with Crippen LogP contribution in [0.25, 0.3) is 6.08 Å². The summed E-state index contributed by atoms with van der Waals surface area (Å²) >= 11 is 13.3. The number of amides is 2. The number of halogens is 2. The summed E-state index contributed by atoms with van der Waals surface area (Å²) in [5.41, 5.74) is 2.55. The number of para-hydroxylation sites is 1. The van der Waals surface area contributed by atoms with Gasteiger partial charge in [-0.15, -0.1) is 0 Å². The molecule has 1 fully saturated rings. The Morgan fingerprint density at radius 2 is 1.51 bits per heavy atom. The van der Waals surface area contributed by atoms with Crippen molar-refractivity contribution in [1.82, 2.24) is 4.90 Å². The van der Waals surface area contributed by atoms with Crippen molar-refractivity contribution < 1.29 is 19.1 Å². The van der Waals surface area contributed by atoms with Gasteiger partial charge in [0.05, 0.1) is 11.4 Å². The Hall–Kier alpha value is -2.93. The lowest BCUT2D eigenvalue weighted by atomic mass is 9.87. The minimum atomic E-state index is -0.400. The molecule has 0 radical (unpaired) electrons. The molecule has 0 bridgehead atoms. The van der Waals surface area contributed by atoms with E-state index in [2.05, 4.69) is 32.9 Å². The van der Waals surface area contributed by atoms with Crippen LogP contribution in [0, 0.1) is 0 Å². The van der Waals surface area contributed by atoms with Crippen LogP contribution in [0.15, 0.2) is 71.6 Å². The van der Waals surface area contributed by atoms with E-state index in [1.165, 1.54) is 5.56 Å². The third kappa shape index (κ3) is 6.69. The Morgan fingerprint density at radius 1 is 0.865 bits per heavy atom. The molecule has 1 saturated heterocycles. The standard InChI is InChI=1S/C29H27Cl2NO4S/c1-29(2,3)20-11-13-21(14-12-20)35-15-16-36-25-10-5-4-7-19(25)17-26-27(33)32(28(34)37-26)18-22-23(30)8-6-9-24(22)31/h4-14,17H,15-16,18H2,1-3H3/b26-17-. The molecule has 0 aliphatic carbocycles. The molecular formula is C29H27Cl2NO4S. The van der Waals surface area contributed by atoms with E-state index in [9.17, 15) is 9.59 Å². The van der Waals surface area contributed by atoms with Crippen LogP contribution < -0.4 is 9.47 Å². The summed E-state index contributed by atoms with van der Waals surface area (Å²) in [5, 5.41) is 0.430. The molecule has 0 atom stereocenters. The van der Waals surface area contributed by atoms with Crippen molar-refractivity contribution in [3.8, 4) is 11.5 Å². The zero-order valence-corrected chi connectivity index (χ0v) is 23.1. The maximum Gasteiger partial charge on any atom is 0.293 e. The van der Waals surface area contributed by atoms with Gasteiger partial charge in [0.2, 0.25) is 0 Å². The summed E-state index contributed by atoms with van der Waals surface area (Å²) in [6, 6.07) is 20.5. The highest BCUT2D eigenvalue weighted by molar-refractivity contribution is 8.18. The van der Waals surface area contributed by atoms with Crippen LogP contribution in [0.5, 0.6) is 11.5 Å². The molecule has 192 valence electrons. The average molecular weight is 557 g/mol. The monoisotopic (exact) mass is 555 g/mol. The molecule has 4 rings (SSSR count). The number of benzene rings is 3. The molecule has 0 spiro atoms. The smallest absolute Gasteiger partial charge is 0.293 e. The number of carbonyl (C=O) groups is 2. The van der Waals surface area contributed by atoms with E-state index >= 15 is 0 Å². The molecule has 1 aliphatic rings. The van der Waals surface area contributed by atoms with Gasteiger partial charge < -0.3 is 9.47 Å². The molecule has 3 aromatic rings. The van der Waals surface area contributed by atoms with Gasteiger partial charge in [0.25, 0.3) is 11.1 Å². The summed E-state index contributed by atoms with van der Waals surface area (Å²) in [6.45, 7) is 7.19. The zero-order valence-electron chi connectivity index (χ0n) is 20.8. The molecule has 8 heteroatoms. The van der Waals surface area contributed by atoms with Gasteiger partial charge in [-0.3, -0.25) is 14.5 Å². The van der Waals surface area contributed by atoms with Gasteiger partial charge in [0, 0.05) is 21.2 Å². The molecular weight excluding hydrogens is 529 g/mol. The van der Waals surface area contributed by atoms with Crippen molar-refractivity contribution in [2.45, 2.75) is 32.7 Å². The first-order valence-electron chi connectivity index (χ1n) is 11.8. The Labute approximate surface area is 231 Å². The first-order chi connectivity index (χ1) is 17.6. The van der Waals surface area contributed by atoms with Crippen LogP contribution in [-0.4, -0.2) is 29.3 Å². The maximum absolute atomic E-state index is 13.0. The van der Waals surface area contributed by atoms with E-state index in [1.54, 1.807) is 24.3 Å². The first-order valence-corrected chi connectivity index (χ1v) is 13.3. The van der Waals surface area contributed by atoms with Crippen molar-refractivity contribution >= 4 is 52.2 Å². The van der Waals surface area contributed by atoms with Crippen LogP contribution in [0.2, 0.25) is 10.0 Å². The number of hydrogen-bond acceptors (Lipinski definition) is 5. The SMILES string of the molecule is CC(C)(C)c1ccc(OCCOc2ccccc2/C=C2\SC(=O)N(Cc3c(Cl)cccc3Cl)C2=O)cc1. The predicted molar refractivity (Wildman–Crippen MR) is 151 cm³/mol. The lowest BCUT2D eigenvalue weighted by Gasteiger charge is -2.19. The normalized spacial score (nSPS) is 14.9. The quantitative estimate of drug-likeness (QED) is 0.208. The molecule has 1 heterocycles. The third-order valence-electron chi connectivity index (χ3n) is 5.79. The first kappa shape index (κ1) is 27.1. The third-order valence-corrected chi connectivity index (χ3v) is 7.40. The van der Waals surface area contributed by atoms with Gasteiger partial charge in [-0.2, -0.15) is 0 Å². The molecule has 37 heavy (non-hydrogen) atoms. The van der Waals surface area contributed by atoms with Gasteiger partial charge in [-0.25, -0.2) is 0 Å². The second-order valence-corrected chi connectivity index (χ2v) is 11.3. The van der Waals surface area contributed by atoms with Gasteiger partial charge >= 0.3 is 0 Å². The summed E-state index contributed by atoms with van der Waals surface area (Å²) in [7, 11) is 0. The fourth-order valence-corrected chi connectivity index (χ4v) is 5.06. The molecule has 0 unspecified atom stereocenters. The molecule has 0 N–H and O–H groups in total. The molecule has 0 aromatic heterocycles. The number of thioether (sulfide) groups is 1. The van der Waals surface area contributed by atoms with Crippen LogP contribution in [0.4, 0.5) is 4.79 Å². The van der Waals surface area contributed by atoms with Crippen LogP contribution in [0.3, 0.4) is 0 Å². The van der Waals surface area contributed by atoms with E-state index < -0.39 is 5.91 Å². The highest BCUT2D eigenvalue weighted by Crippen LogP contribution is 2.36. The predicted octanol–water partition coefficient (Wildman–Crippen LogP) is 7.99. The molecule has 2 amide bonds. The fraction of sp³-hybridized carbons (Fsp3) is 0.241. The van der Waals surface area contributed by atoms with Crippen molar-refractivity contribution in [3.05, 3.63) is 98.4 Å². The largest absolute Gasteiger partial charge is 0.490 e. The maximum atomic E-state index is 13.0. The minimum Gasteiger partial charge on any atom is -0.490 e. The van der Waals surface area contributed by atoms with E-state index in [4.69, 9.17) is 32.7 Å². The van der Waals surface area contributed by atoms with E-state index in [0.717, 1.165) is 22.4 Å². The summed E-state index contributed by atoms with van der Waals surface area (Å²) in [4.78, 5) is 27.1. The lowest BCUT2D eigenvalue weighted by molar-refractivity contribution is -0.123. The van der Waals surface area contributed by atoms with E-state index in [0.29, 0.717) is 45.0 Å². The van der Waals surface area contributed by atoms with Gasteiger partial charge in [-0.1, -0.05) is 80.4 Å². The van der Waals surface area contributed by atoms with Crippen molar-refractivity contribution in [2.75, 3.05) is 13.2 Å². The molecule has 0 saturated carbocycles. The average Bonchev–Trinajstić information content (AvgIpc) is 3.12. The summed E-state index contributed by atoms with van der Waals surface area (Å²) in [6.07, 6.45) is 1.67. The Bertz CT molecular complexity index is 1310. The van der Waals surface area contributed by atoms with Crippen LogP contribution in [0.1, 0.15) is 37.5 Å². The minimum absolute atomic E-state index is 0.00668. The second kappa shape index (κ2) is 11.6. The van der Waals surface area contributed by atoms with Gasteiger partial charge in [-0.05, 0) is 59.1 Å². The number of carbonyl (C=O) groups excluding carboxylic acids is 2. The van der Waals surface area contributed by atoms with Crippen molar-refractivity contribution in [1.29, 1.82) is 0 Å². The number of rotatable bonds is 8. The van der Waals surface area contributed by atoms with Gasteiger partial charge in [0.15, 0.2) is 0 Å². The molecule has 3 aromatic carbocycles. The van der Waals surface area contributed by atoms with Crippen LogP contribution >= 0.6 is 35.0 Å². The van der Waals surface area contributed by atoms with Crippen molar-refractivity contribution in [2.24, 2.45) is 0 Å². The Balaban J connectivity index is 1.39. The fourth-order valence-electron chi connectivity index (χ4n) is 3.71. The van der Waals surface area contributed by atoms with Crippen molar-refractivity contribution in [3.63, 3.8) is 0 Å². The number of ether oxygens (including phenoxy) is 2.